The summed E-state index contributed by atoms with van der Waals surface area (Å²) in [5.74, 6) is -0.268. The Morgan fingerprint density at radius 3 is 2.81 bits per heavy atom. The van der Waals surface area contributed by atoms with Crippen LogP contribution in [0.1, 0.15) is 49.1 Å². The van der Waals surface area contributed by atoms with Gasteiger partial charge < -0.3 is 5.32 Å². The van der Waals surface area contributed by atoms with Crippen LogP contribution in [-0.2, 0) is 9.59 Å². The van der Waals surface area contributed by atoms with E-state index in [9.17, 15) is 14.0 Å². The lowest BCUT2D eigenvalue weighted by Gasteiger charge is -2.31. The van der Waals surface area contributed by atoms with Crippen molar-refractivity contribution in [1.29, 1.82) is 0 Å². The van der Waals surface area contributed by atoms with Gasteiger partial charge >= 0.3 is 0 Å². The Kier molecular flexibility index (Phi) is 7.04. The quantitative estimate of drug-likeness (QED) is 0.658. The Bertz CT molecular complexity index is 949. The number of thiophene rings is 1. The third kappa shape index (κ3) is 5.34. The smallest absolute Gasteiger partial charge is 0.253 e. The highest BCUT2D eigenvalue weighted by atomic mass is 32.2. The Morgan fingerprint density at radius 1 is 1.29 bits per heavy atom. The molecule has 2 aliphatic heterocycles. The molecule has 2 amide bonds. The first-order valence-electron chi connectivity index (χ1n) is 10.4. The topological polar surface area (TPSA) is 73.8 Å². The van der Waals surface area contributed by atoms with Gasteiger partial charge in [0.15, 0.2) is 0 Å². The molecule has 4 rings (SSSR count). The highest BCUT2D eigenvalue weighted by Crippen LogP contribution is 2.34. The monoisotopic (exact) mass is 460 g/mol. The van der Waals surface area contributed by atoms with Crippen LogP contribution in [0, 0.1) is 5.82 Å². The second-order valence-corrected chi connectivity index (χ2v) is 9.69. The Morgan fingerprint density at radius 2 is 2.10 bits per heavy atom. The SMILES string of the molecule is CCCC1CC(=O)NC(SCC(=O)N2N=C(c3cccs3)CC2c2ccc(F)cc2)N1. The van der Waals surface area contributed by atoms with Crippen LogP contribution in [0.3, 0.4) is 0 Å². The molecule has 0 saturated carbocycles. The fourth-order valence-electron chi connectivity index (χ4n) is 3.86. The van der Waals surface area contributed by atoms with Gasteiger partial charge in [0, 0.05) is 18.9 Å². The first-order chi connectivity index (χ1) is 15.0. The molecule has 3 heterocycles. The van der Waals surface area contributed by atoms with Crippen molar-refractivity contribution in [3.63, 3.8) is 0 Å². The van der Waals surface area contributed by atoms with Gasteiger partial charge in [0.05, 0.1) is 22.4 Å². The van der Waals surface area contributed by atoms with Gasteiger partial charge in [-0.15, -0.1) is 23.1 Å². The fraction of sp³-hybridized carbons (Fsp3) is 0.409. The van der Waals surface area contributed by atoms with E-state index in [2.05, 4.69) is 22.7 Å². The molecule has 1 saturated heterocycles. The van der Waals surface area contributed by atoms with E-state index in [0.717, 1.165) is 29.0 Å². The Labute approximate surface area is 189 Å². The lowest BCUT2D eigenvalue weighted by atomic mass is 10.0. The van der Waals surface area contributed by atoms with Crippen molar-refractivity contribution < 1.29 is 14.0 Å². The maximum absolute atomic E-state index is 13.4. The number of carbonyl (C=O) groups is 2. The molecule has 1 aromatic carbocycles. The largest absolute Gasteiger partial charge is 0.332 e. The van der Waals surface area contributed by atoms with E-state index < -0.39 is 0 Å². The number of amides is 2. The zero-order valence-electron chi connectivity index (χ0n) is 17.2. The molecule has 0 bridgehead atoms. The second kappa shape index (κ2) is 9.93. The summed E-state index contributed by atoms with van der Waals surface area (Å²) in [5.41, 5.74) is 1.41. The zero-order valence-corrected chi connectivity index (χ0v) is 18.8. The fourth-order valence-corrected chi connectivity index (χ4v) is 5.53. The van der Waals surface area contributed by atoms with Gasteiger partial charge in [-0.2, -0.15) is 5.10 Å². The van der Waals surface area contributed by atoms with Crippen molar-refractivity contribution in [1.82, 2.24) is 15.6 Å². The average Bonchev–Trinajstić information content (AvgIpc) is 3.42. The average molecular weight is 461 g/mol. The molecule has 3 atom stereocenters. The third-order valence-electron chi connectivity index (χ3n) is 5.35. The number of benzene rings is 1. The van der Waals surface area contributed by atoms with Gasteiger partial charge in [0.25, 0.3) is 5.91 Å². The maximum atomic E-state index is 13.4. The highest BCUT2D eigenvalue weighted by molar-refractivity contribution is 8.00. The van der Waals surface area contributed by atoms with Crippen molar-refractivity contribution in [2.75, 3.05) is 5.75 Å². The number of rotatable bonds is 7. The van der Waals surface area contributed by atoms with Crippen LogP contribution in [0.5, 0.6) is 0 Å². The summed E-state index contributed by atoms with van der Waals surface area (Å²) < 4.78 is 13.4. The van der Waals surface area contributed by atoms with Gasteiger partial charge in [0.1, 0.15) is 11.3 Å². The predicted octanol–water partition coefficient (Wildman–Crippen LogP) is 3.86. The van der Waals surface area contributed by atoms with E-state index >= 15 is 0 Å². The van der Waals surface area contributed by atoms with Gasteiger partial charge in [-0.25, -0.2) is 9.40 Å². The number of thioether (sulfide) groups is 1. The molecule has 0 spiro atoms. The van der Waals surface area contributed by atoms with E-state index in [1.165, 1.54) is 28.9 Å². The molecular weight excluding hydrogens is 435 g/mol. The summed E-state index contributed by atoms with van der Waals surface area (Å²) in [4.78, 5) is 26.1. The van der Waals surface area contributed by atoms with Crippen molar-refractivity contribution in [3.8, 4) is 0 Å². The molecule has 1 aromatic heterocycles. The number of hydrazone groups is 1. The first-order valence-corrected chi connectivity index (χ1v) is 12.3. The van der Waals surface area contributed by atoms with Crippen LogP contribution in [0.2, 0.25) is 0 Å². The molecule has 2 N–H and O–H groups in total. The van der Waals surface area contributed by atoms with Crippen LogP contribution in [0.4, 0.5) is 4.39 Å². The summed E-state index contributed by atoms with van der Waals surface area (Å²) in [6.45, 7) is 2.09. The second-order valence-electron chi connectivity index (χ2n) is 7.65. The lowest BCUT2D eigenvalue weighted by molar-refractivity contribution is -0.130. The van der Waals surface area contributed by atoms with Crippen molar-refractivity contribution in [3.05, 3.63) is 58.0 Å². The summed E-state index contributed by atoms with van der Waals surface area (Å²) in [7, 11) is 0. The van der Waals surface area contributed by atoms with Gasteiger partial charge in [-0.1, -0.05) is 31.5 Å². The number of carbonyl (C=O) groups excluding carboxylic acids is 2. The van der Waals surface area contributed by atoms with Crippen molar-refractivity contribution >= 4 is 40.6 Å². The minimum Gasteiger partial charge on any atom is -0.332 e. The summed E-state index contributed by atoms with van der Waals surface area (Å²) in [6.07, 6.45) is 2.96. The highest BCUT2D eigenvalue weighted by Gasteiger charge is 2.34. The van der Waals surface area contributed by atoms with Crippen molar-refractivity contribution in [2.24, 2.45) is 5.10 Å². The molecule has 9 heteroatoms. The molecule has 6 nitrogen and oxygen atoms in total. The Balaban J connectivity index is 1.46. The van der Waals surface area contributed by atoms with Gasteiger partial charge in [-0.3, -0.25) is 14.9 Å². The van der Waals surface area contributed by atoms with E-state index in [4.69, 9.17) is 0 Å². The first kappa shape index (κ1) is 22.0. The Hall–Kier alpha value is -2.23. The molecule has 3 unspecified atom stereocenters. The summed E-state index contributed by atoms with van der Waals surface area (Å²) >= 11 is 2.95. The molecule has 0 radical (unpaired) electrons. The number of halogens is 1. The van der Waals surface area contributed by atoms with E-state index in [1.54, 1.807) is 23.5 Å². The molecule has 2 aromatic rings. The van der Waals surface area contributed by atoms with E-state index in [0.29, 0.717) is 12.8 Å². The normalized spacial score (nSPS) is 23.5. The predicted molar refractivity (Wildman–Crippen MR) is 122 cm³/mol. The van der Waals surface area contributed by atoms with Crippen LogP contribution >= 0.6 is 23.1 Å². The van der Waals surface area contributed by atoms with Gasteiger partial charge in [0.2, 0.25) is 5.91 Å². The third-order valence-corrected chi connectivity index (χ3v) is 7.27. The minimum atomic E-state index is -0.310. The number of hydrogen-bond donors (Lipinski definition) is 2. The minimum absolute atomic E-state index is 0.00510. The lowest BCUT2D eigenvalue weighted by Crippen LogP contribution is -2.55. The molecule has 31 heavy (non-hydrogen) atoms. The summed E-state index contributed by atoms with van der Waals surface area (Å²) in [6, 6.07) is 10.0. The molecule has 164 valence electrons. The summed E-state index contributed by atoms with van der Waals surface area (Å²) in [5, 5.41) is 14.4. The van der Waals surface area contributed by atoms with E-state index in [1.807, 2.05) is 17.5 Å². The molecule has 2 aliphatic rings. The van der Waals surface area contributed by atoms with Crippen LogP contribution in [0.25, 0.3) is 0 Å². The van der Waals surface area contributed by atoms with Crippen molar-refractivity contribution in [2.45, 2.75) is 50.2 Å². The van der Waals surface area contributed by atoms with E-state index in [-0.39, 0.29) is 41.0 Å². The number of nitrogens with one attached hydrogen (secondary N) is 2. The van der Waals surface area contributed by atoms with Gasteiger partial charge in [-0.05, 0) is 35.6 Å². The molecule has 1 fully saturated rings. The van der Waals surface area contributed by atoms with Crippen LogP contribution in [0.15, 0.2) is 46.9 Å². The molecule has 0 aliphatic carbocycles. The zero-order chi connectivity index (χ0) is 21.8. The van der Waals surface area contributed by atoms with Crippen LogP contribution in [-0.4, -0.2) is 39.8 Å². The molecular formula is C22H25FN4O2S2. The number of hydrogen-bond acceptors (Lipinski definition) is 6. The maximum Gasteiger partial charge on any atom is 0.253 e. The van der Waals surface area contributed by atoms with Crippen LogP contribution < -0.4 is 10.6 Å². The number of nitrogens with zero attached hydrogens (tertiary/aromatic N) is 2. The standard InChI is InChI=1S/C22H25FN4O2S2/c1-2-4-16-11-20(28)25-22(24-16)31-13-21(29)27-18(14-6-8-15(23)9-7-14)12-17(26-27)19-5-3-10-30-19/h3,5-10,16,18,22,24H,2,4,11-13H2,1H3,(H,25,28).